The Bertz CT molecular complexity index is 501. The van der Waals surface area contributed by atoms with Crippen LogP contribution >= 0.6 is 0 Å². The van der Waals surface area contributed by atoms with Gasteiger partial charge in [0.1, 0.15) is 5.82 Å². The van der Waals surface area contributed by atoms with Crippen LogP contribution < -0.4 is 0 Å². The molecule has 1 aromatic rings. The fourth-order valence-electron chi connectivity index (χ4n) is 3.16. The van der Waals surface area contributed by atoms with Gasteiger partial charge in [0.15, 0.2) is 0 Å². The van der Waals surface area contributed by atoms with Gasteiger partial charge in [-0.05, 0) is 12.8 Å². The number of carbonyl (C=O) groups excluding carboxylic acids is 1. The lowest BCUT2D eigenvalue weighted by molar-refractivity contribution is -0.140. The SMILES string of the molecule is COCC1(C(=O)N2CCN(Cc3ncc[nH]3)C[C@@H](O)C2)CC1. The molecule has 2 fully saturated rings. The molecule has 1 atom stereocenters. The van der Waals surface area contributed by atoms with Crippen molar-refractivity contribution in [2.45, 2.75) is 25.5 Å². The van der Waals surface area contributed by atoms with Crippen molar-refractivity contribution in [3.05, 3.63) is 18.2 Å². The third-order valence-electron chi connectivity index (χ3n) is 4.53. The molecule has 2 aliphatic rings. The molecule has 0 aromatic carbocycles. The summed E-state index contributed by atoms with van der Waals surface area (Å²) >= 11 is 0. The van der Waals surface area contributed by atoms with E-state index in [0.717, 1.165) is 25.2 Å². The normalized spacial score (nSPS) is 25.0. The largest absolute Gasteiger partial charge is 0.390 e. The van der Waals surface area contributed by atoms with Crippen molar-refractivity contribution in [3.63, 3.8) is 0 Å². The second-order valence-corrected chi connectivity index (χ2v) is 6.39. The number of nitrogens with one attached hydrogen (secondary N) is 1. The number of rotatable bonds is 5. The van der Waals surface area contributed by atoms with Crippen molar-refractivity contribution in [2.75, 3.05) is 39.9 Å². The van der Waals surface area contributed by atoms with E-state index in [2.05, 4.69) is 14.9 Å². The number of nitrogens with zero attached hydrogens (tertiary/aromatic N) is 3. The Kier molecular flexibility index (Phi) is 4.46. The first kappa shape index (κ1) is 15.5. The molecule has 1 aromatic heterocycles. The molecule has 0 unspecified atom stereocenters. The van der Waals surface area contributed by atoms with Crippen molar-refractivity contribution < 1.29 is 14.6 Å². The Morgan fingerprint density at radius 2 is 2.32 bits per heavy atom. The summed E-state index contributed by atoms with van der Waals surface area (Å²) in [4.78, 5) is 23.9. The van der Waals surface area contributed by atoms with Gasteiger partial charge in [0, 0.05) is 45.7 Å². The number of aliphatic hydroxyl groups is 1. The van der Waals surface area contributed by atoms with Crippen LogP contribution in [0.2, 0.25) is 0 Å². The van der Waals surface area contributed by atoms with E-state index in [1.54, 1.807) is 24.4 Å². The van der Waals surface area contributed by atoms with Crippen LogP contribution in [0, 0.1) is 5.41 Å². The van der Waals surface area contributed by atoms with Gasteiger partial charge in [-0.3, -0.25) is 9.69 Å². The van der Waals surface area contributed by atoms with Gasteiger partial charge in [0.05, 0.1) is 24.7 Å². The smallest absolute Gasteiger partial charge is 0.231 e. The third kappa shape index (κ3) is 3.31. The van der Waals surface area contributed by atoms with E-state index in [4.69, 9.17) is 4.74 Å². The van der Waals surface area contributed by atoms with Gasteiger partial charge in [-0.2, -0.15) is 0 Å². The first-order chi connectivity index (χ1) is 10.6. The number of aliphatic hydroxyl groups excluding tert-OH is 1. The Labute approximate surface area is 130 Å². The minimum atomic E-state index is -0.528. The van der Waals surface area contributed by atoms with Crippen LogP contribution in [0.3, 0.4) is 0 Å². The van der Waals surface area contributed by atoms with Gasteiger partial charge >= 0.3 is 0 Å². The van der Waals surface area contributed by atoms with E-state index in [0.29, 0.717) is 32.8 Å². The molecule has 1 saturated carbocycles. The van der Waals surface area contributed by atoms with Gasteiger partial charge in [-0.1, -0.05) is 0 Å². The molecule has 7 heteroatoms. The summed E-state index contributed by atoms with van der Waals surface area (Å²) in [6.45, 7) is 3.49. The second-order valence-electron chi connectivity index (χ2n) is 6.39. The predicted octanol–water partition coefficient (Wildman–Crippen LogP) is -0.159. The number of β-amino-alcohol motifs (C(OH)–C–C–N with tert-alkyl or cyclic N) is 1. The highest BCUT2D eigenvalue weighted by molar-refractivity contribution is 5.85. The maximum Gasteiger partial charge on any atom is 0.231 e. The quantitative estimate of drug-likeness (QED) is 0.790. The summed E-state index contributed by atoms with van der Waals surface area (Å²) in [7, 11) is 1.63. The Morgan fingerprint density at radius 3 is 2.95 bits per heavy atom. The molecule has 1 aliphatic carbocycles. The number of carbonyl (C=O) groups is 1. The maximum absolute atomic E-state index is 12.7. The second kappa shape index (κ2) is 6.36. The lowest BCUT2D eigenvalue weighted by atomic mass is 10.1. The molecule has 1 aliphatic heterocycles. The standard InChI is InChI=1S/C15H24N4O3/c1-22-11-15(2-3-15)14(21)19-7-6-18(8-12(20)9-19)10-13-16-4-5-17-13/h4-5,12,20H,2-3,6-11H2,1H3,(H,16,17)/t12-/m1/s1. The summed E-state index contributed by atoms with van der Waals surface area (Å²) in [6, 6.07) is 0. The molecule has 1 amide bonds. The van der Waals surface area contributed by atoms with Gasteiger partial charge in [0.2, 0.25) is 5.91 Å². The van der Waals surface area contributed by atoms with Crippen LogP contribution in [0.1, 0.15) is 18.7 Å². The Balaban J connectivity index is 1.60. The molecule has 3 rings (SSSR count). The van der Waals surface area contributed by atoms with E-state index >= 15 is 0 Å². The maximum atomic E-state index is 12.7. The summed E-state index contributed by atoms with van der Waals surface area (Å²) < 4.78 is 5.20. The molecule has 2 heterocycles. The lowest BCUT2D eigenvalue weighted by Gasteiger charge is -2.26. The van der Waals surface area contributed by atoms with Crippen LogP contribution in [-0.4, -0.2) is 76.8 Å². The van der Waals surface area contributed by atoms with E-state index in [1.807, 2.05) is 0 Å². The summed E-state index contributed by atoms with van der Waals surface area (Å²) in [5.41, 5.74) is -0.329. The molecule has 2 N–H and O–H groups in total. The molecule has 22 heavy (non-hydrogen) atoms. The summed E-state index contributed by atoms with van der Waals surface area (Å²) in [6.07, 6.45) is 4.77. The Morgan fingerprint density at radius 1 is 1.50 bits per heavy atom. The highest BCUT2D eigenvalue weighted by Crippen LogP contribution is 2.47. The fraction of sp³-hybridized carbons (Fsp3) is 0.733. The number of ether oxygens (including phenoxy) is 1. The van der Waals surface area contributed by atoms with Crippen molar-refractivity contribution in [1.82, 2.24) is 19.8 Å². The molecule has 0 bridgehead atoms. The minimum absolute atomic E-state index is 0.133. The molecule has 0 spiro atoms. The van der Waals surface area contributed by atoms with E-state index < -0.39 is 6.10 Å². The summed E-state index contributed by atoms with van der Waals surface area (Å²) in [5, 5.41) is 10.2. The number of methoxy groups -OCH3 is 1. The van der Waals surface area contributed by atoms with Gasteiger partial charge in [0.25, 0.3) is 0 Å². The van der Waals surface area contributed by atoms with Crippen molar-refractivity contribution in [3.8, 4) is 0 Å². The van der Waals surface area contributed by atoms with Gasteiger partial charge in [-0.25, -0.2) is 4.98 Å². The van der Waals surface area contributed by atoms with E-state index in [9.17, 15) is 9.90 Å². The summed E-state index contributed by atoms with van der Waals surface area (Å²) in [5.74, 6) is 1.01. The minimum Gasteiger partial charge on any atom is -0.390 e. The topological polar surface area (TPSA) is 81.7 Å². The number of aromatic amines is 1. The number of hydrogen-bond acceptors (Lipinski definition) is 5. The highest BCUT2D eigenvalue weighted by atomic mass is 16.5. The average molecular weight is 308 g/mol. The third-order valence-corrected chi connectivity index (χ3v) is 4.53. The number of hydrogen-bond donors (Lipinski definition) is 2. The zero-order valence-corrected chi connectivity index (χ0v) is 13.0. The number of H-pyrrole nitrogens is 1. The zero-order chi connectivity index (χ0) is 15.6. The van der Waals surface area contributed by atoms with Gasteiger partial charge < -0.3 is 19.7 Å². The number of amides is 1. The monoisotopic (exact) mass is 308 g/mol. The number of imidazole rings is 1. The van der Waals surface area contributed by atoms with Crippen LogP contribution in [-0.2, 0) is 16.1 Å². The molecule has 122 valence electrons. The average Bonchev–Trinajstić information content (AvgIpc) is 3.14. The zero-order valence-electron chi connectivity index (χ0n) is 13.0. The molecule has 0 radical (unpaired) electrons. The van der Waals surface area contributed by atoms with Crippen molar-refractivity contribution in [1.29, 1.82) is 0 Å². The molecular weight excluding hydrogens is 284 g/mol. The predicted molar refractivity (Wildman–Crippen MR) is 80.0 cm³/mol. The highest BCUT2D eigenvalue weighted by Gasteiger charge is 2.52. The van der Waals surface area contributed by atoms with E-state index in [-0.39, 0.29) is 11.3 Å². The molecule has 7 nitrogen and oxygen atoms in total. The van der Waals surface area contributed by atoms with E-state index in [1.165, 1.54) is 0 Å². The number of aromatic nitrogens is 2. The fourth-order valence-corrected chi connectivity index (χ4v) is 3.16. The lowest BCUT2D eigenvalue weighted by Crippen LogP contribution is -2.43. The van der Waals surface area contributed by atoms with Crippen LogP contribution in [0.25, 0.3) is 0 Å². The molecule has 1 saturated heterocycles. The van der Waals surface area contributed by atoms with Crippen molar-refractivity contribution in [2.24, 2.45) is 5.41 Å². The van der Waals surface area contributed by atoms with Crippen molar-refractivity contribution >= 4 is 5.91 Å². The van der Waals surface area contributed by atoms with Gasteiger partial charge in [-0.15, -0.1) is 0 Å². The molecular formula is C15H24N4O3. The Hall–Kier alpha value is -1.44. The van der Waals surface area contributed by atoms with Crippen LogP contribution in [0.4, 0.5) is 0 Å². The first-order valence-electron chi connectivity index (χ1n) is 7.80. The van der Waals surface area contributed by atoms with Crippen LogP contribution in [0.15, 0.2) is 12.4 Å². The first-order valence-corrected chi connectivity index (χ1v) is 7.80. The van der Waals surface area contributed by atoms with Crippen LogP contribution in [0.5, 0.6) is 0 Å².